The standard InChI is InChI=1S/C16H25NO3/c1-10(2)9-17-16(19)13(5)20-15-7-6-11(3)8-14(15)12(4)18/h6-8,10,12-13,18H,9H2,1-5H3,(H,17,19). The minimum Gasteiger partial charge on any atom is -0.481 e. The first-order chi connectivity index (χ1) is 9.31. The molecule has 0 heterocycles. The fraction of sp³-hybridized carbons (Fsp3) is 0.562. The van der Waals surface area contributed by atoms with E-state index in [4.69, 9.17) is 4.74 Å². The molecule has 0 aromatic heterocycles. The van der Waals surface area contributed by atoms with E-state index in [9.17, 15) is 9.90 Å². The Hall–Kier alpha value is -1.55. The predicted molar refractivity (Wildman–Crippen MR) is 79.8 cm³/mol. The quantitative estimate of drug-likeness (QED) is 0.841. The maximum absolute atomic E-state index is 11.9. The van der Waals surface area contributed by atoms with E-state index in [1.165, 1.54) is 0 Å². The molecule has 20 heavy (non-hydrogen) atoms. The molecular formula is C16H25NO3. The summed E-state index contributed by atoms with van der Waals surface area (Å²) in [4.78, 5) is 11.9. The molecule has 0 fully saturated rings. The molecule has 1 amide bonds. The van der Waals surface area contributed by atoms with E-state index in [0.717, 1.165) is 5.56 Å². The van der Waals surface area contributed by atoms with Crippen LogP contribution in [0.15, 0.2) is 18.2 Å². The van der Waals surface area contributed by atoms with Gasteiger partial charge in [-0.05, 0) is 38.8 Å². The lowest BCUT2D eigenvalue weighted by Gasteiger charge is -2.19. The van der Waals surface area contributed by atoms with Crippen molar-refractivity contribution in [2.45, 2.75) is 46.8 Å². The number of amides is 1. The van der Waals surface area contributed by atoms with Gasteiger partial charge >= 0.3 is 0 Å². The smallest absolute Gasteiger partial charge is 0.260 e. The van der Waals surface area contributed by atoms with Gasteiger partial charge in [0.15, 0.2) is 6.10 Å². The van der Waals surface area contributed by atoms with Crippen LogP contribution in [0.2, 0.25) is 0 Å². The summed E-state index contributed by atoms with van der Waals surface area (Å²) >= 11 is 0. The summed E-state index contributed by atoms with van der Waals surface area (Å²) in [7, 11) is 0. The zero-order chi connectivity index (χ0) is 15.3. The molecule has 0 aliphatic carbocycles. The first-order valence-corrected chi connectivity index (χ1v) is 7.04. The average Bonchev–Trinajstić information content (AvgIpc) is 2.37. The third-order valence-corrected chi connectivity index (χ3v) is 2.97. The number of ether oxygens (including phenoxy) is 1. The van der Waals surface area contributed by atoms with Crippen LogP contribution in [-0.2, 0) is 4.79 Å². The summed E-state index contributed by atoms with van der Waals surface area (Å²) < 4.78 is 5.68. The number of aryl methyl sites for hydroxylation is 1. The van der Waals surface area contributed by atoms with Crippen LogP contribution in [0, 0.1) is 12.8 Å². The average molecular weight is 279 g/mol. The third-order valence-electron chi connectivity index (χ3n) is 2.97. The van der Waals surface area contributed by atoms with Crippen LogP contribution in [0.4, 0.5) is 0 Å². The molecular weight excluding hydrogens is 254 g/mol. The molecule has 112 valence electrons. The topological polar surface area (TPSA) is 58.6 Å². The normalized spacial score (nSPS) is 13.9. The van der Waals surface area contributed by atoms with Crippen molar-refractivity contribution in [1.82, 2.24) is 5.32 Å². The van der Waals surface area contributed by atoms with Gasteiger partial charge in [0.25, 0.3) is 5.91 Å². The van der Waals surface area contributed by atoms with Crippen LogP contribution in [-0.4, -0.2) is 23.7 Å². The van der Waals surface area contributed by atoms with Crippen LogP contribution in [0.5, 0.6) is 5.75 Å². The van der Waals surface area contributed by atoms with Gasteiger partial charge in [-0.3, -0.25) is 4.79 Å². The Morgan fingerprint density at radius 3 is 2.50 bits per heavy atom. The number of aliphatic hydroxyl groups is 1. The summed E-state index contributed by atoms with van der Waals surface area (Å²) in [6, 6.07) is 5.57. The van der Waals surface area contributed by atoms with Gasteiger partial charge < -0.3 is 15.2 Å². The lowest BCUT2D eigenvalue weighted by atomic mass is 10.1. The molecule has 1 aromatic rings. The highest BCUT2D eigenvalue weighted by Gasteiger charge is 2.17. The van der Waals surface area contributed by atoms with Crippen LogP contribution >= 0.6 is 0 Å². The zero-order valence-corrected chi connectivity index (χ0v) is 12.9. The Kier molecular flexibility index (Phi) is 6.02. The molecule has 4 heteroatoms. The van der Waals surface area contributed by atoms with E-state index < -0.39 is 12.2 Å². The van der Waals surface area contributed by atoms with E-state index in [1.54, 1.807) is 19.9 Å². The molecule has 2 N–H and O–H groups in total. The minimum atomic E-state index is -0.629. The number of hydrogen-bond donors (Lipinski definition) is 2. The molecule has 2 unspecified atom stereocenters. The summed E-state index contributed by atoms with van der Waals surface area (Å²) in [5.74, 6) is 0.812. The molecule has 2 atom stereocenters. The van der Waals surface area contributed by atoms with Gasteiger partial charge in [-0.1, -0.05) is 25.5 Å². The Balaban J connectivity index is 2.75. The van der Waals surface area contributed by atoms with Crippen molar-refractivity contribution in [1.29, 1.82) is 0 Å². The number of rotatable bonds is 6. The number of nitrogens with one attached hydrogen (secondary N) is 1. The summed E-state index contributed by atoms with van der Waals surface area (Å²) in [5, 5.41) is 12.6. The van der Waals surface area contributed by atoms with Crippen molar-refractivity contribution in [3.8, 4) is 5.75 Å². The molecule has 1 rings (SSSR count). The molecule has 0 spiro atoms. The van der Waals surface area contributed by atoms with Crippen molar-refractivity contribution in [2.24, 2.45) is 5.92 Å². The fourth-order valence-corrected chi connectivity index (χ4v) is 1.79. The van der Waals surface area contributed by atoms with Gasteiger partial charge in [0.2, 0.25) is 0 Å². The molecule has 4 nitrogen and oxygen atoms in total. The van der Waals surface area contributed by atoms with Gasteiger partial charge in [-0.2, -0.15) is 0 Å². The number of hydrogen-bond acceptors (Lipinski definition) is 3. The van der Waals surface area contributed by atoms with Gasteiger partial charge in [0, 0.05) is 12.1 Å². The lowest BCUT2D eigenvalue weighted by Crippen LogP contribution is -2.38. The molecule has 0 saturated carbocycles. The molecule has 0 aliphatic heterocycles. The molecule has 1 aromatic carbocycles. The van der Waals surface area contributed by atoms with E-state index in [-0.39, 0.29) is 5.91 Å². The SMILES string of the molecule is Cc1ccc(OC(C)C(=O)NCC(C)C)c(C(C)O)c1. The van der Waals surface area contributed by atoms with Crippen LogP contribution in [0.25, 0.3) is 0 Å². The monoisotopic (exact) mass is 279 g/mol. The Bertz CT molecular complexity index is 455. The molecule has 0 saturated heterocycles. The Labute approximate surface area is 121 Å². The van der Waals surface area contributed by atoms with E-state index >= 15 is 0 Å². The highest BCUT2D eigenvalue weighted by Crippen LogP contribution is 2.27. The maximum Gasteiger partial charge on any atom is 0.260 e. The number of carbonyl (C=O) groups is 1. The largest absolute Gasteiger partial charge is 0.481 e. The van der Waals surface area contributed by atoms with Crippen LogP contribution in [0.3, 0.4) is 0 Å². The minimum absolute atomic E-state index is 0.143. The predicted octanol–water partition coefficient (Wildman–Crippen LogP) is 2.59. The lowest BCUT2D eigenvalue weighted by molar-refractivity contribution is -0.127. The van der Waals surface area contributed by atoms with Crippen molar-refractivity contribution >= 4 is 5.91 Å². The Morgan fingerprint density at radius 1 is 1.30 bits per heavy atom. The second kappa shape index (κ2) is 7.29. The molecule has 0 radical (unpaired) electrons. The second-order valence-corrected chi connectivity index (χ2v) is 5.62. The van der Waals surface area contributed by atoms with Crippen molar-refractivity contribution < 1.29 is 14.6 Å². The van der Waals surface area contributed by atoms with Gasteiger partial charge in [0.1, 0.15) is 5.75 Å². The van der Waals surface area contributed by atoms with Crippen LogP contribution < -0.4 is 10.1 Å². The van der Waals surface area contributed by atoms with Crippen LogP contribution in [0.1, 0.15) is 44.9 Å². The second-order valence-electron chi connectivity index (χ2n) is 5.62. The first kappa shape index (κ1) is 16.5. The van der Waals surface area contributed by atoms with E-state index in [0.29, 0.717) is 23.8 Å². The molecule has 0 aliphatic rings. The summed E-state index contributed by atoms with van der Waals surface area (Å²) in [6.45, 7) is 10.1. The fourth-order valence-electron chi connectivity index (χ4n) is 1.79. The van der Waals surface area contributed by atoms with Crippen molar-refractivity contribution in [3.63, 3.8) is 0 Å². The number of aliphatic hydroxyl groups excluding tert-OH is 1. The van der Waals surface area contributed by atoms with Crippen molar-refractivity contribution in [3.05, 3.63) is 29.3 Å². The maximum atomic E-state index is 11.9. The van der Waals surface area contributed by atoms with Gasteiger partial charge in [0.05, 0.1) is 6.10 Å². The first-order valence-electron chi connectivity index (χ1n) is 7.04. The molecule has 0 bridgehead atoms. The van der Waals surface area contributed by atoms with E-state index in [1.807, 2.05) is 32.9 Å². The third kappa shape index (κ3) is 4.85. The summed E-state index contributed by atoms with van der Waals surface area (Å²) in [6.07, 6.45) is -1.22. The Morgan fingerprint density at radius 2 is 1.95 bits per heavy atom. The van der Waals surface area contributed by atoms with Crippen molar-refractivity contribution in [2.75, 3.05) is 6.54 Å². The number of carbonyl (C=O) groups excluding carboxylic acids is 1. The number of benzene rings is 1. The zero-order valence-electron chi connectivity index (χ0n) is 12.9. The highest BCUT2D eigenvalue weighted by molar-refractivity contribution is 5.80. The van der Waals surface area contributed by atoms with Gasteiger partial charge in [-0.15, -0.1) is 0 Å². The highest BCUT2D eigenvalue weighted by atomic mass is 16.5. The van der Waals surface area contributed by atoms with E-state index in [2.05, 4.69) is 5.32 Å². The van der Waals surface area contributed by atoms with Gasteiger partial charge in [-0.25, -0.2) is 0 Å². The summed E-state index contributed by atoms with van der Waals surface area (Å²) in [5.41, 5.74) is 1.75.